The SMILES string of the molecule is Cn1c(CN2CCC(C(=O)N3CCN(C(=O)c4cccc(Cl)c4Cl)CC3)CC2)nc2ccccc21. The standard InChI is InChI=1S/C26H29Cl2N5O2/c1-30-22-8-3-2-7-21(22)29-23(30)17-31-11-9-18(10-12-31)25(34)32-13-15-33(16-14-32)26(35)19-5-4-6-20(27)24(19)28/h2-8,18H,9-17H2,1H3. The topological polar surface area (TPSA) is 61.7 Å². The summed E-state index contributed by atoms with van der Waals surface area (Å²) < 4.78 is 2.16. The summed E-state index contributed by atoms with van der Waals surface area (Å²) in [5.74, 6) is 1.16. The minimum atomic E-state index is -0.139. The summed E-state index contributed by atoms with van der Waals surface area (Å²) in [6.07, 6.45) is 1.69. The van der Waals surface area contributed by atoms with Crippen LogP contribution in [0.3, 0.4) is 0 Å². The molecule has 0 bridgehead atoms. The van der Waals surface area contributed by atoms with E-state index in [1.807, 2.05) is 23.1 Å². The highest BCUT2D eigenvalue weighted by molar-refractivity contribution is 6.43. The normalized spacial score (nSPS) is 17.8. The van der Waals surface area contributed by atoms with E-state index in [2.05, 4.69) is 22.6 Å². The molecule has 0 radical (unpaired) electrons. The molecule has 0 atom stereocenters. The lowest BCUT2D eigenvalue weighted by atomic mass is 9.95. The van der Waals surface area contributed by atoms with Crippen molar-refractivity contribution in [3.05, 3.63) is 63.9 Å². The fourth-order valence-electron chi connectivity index (χ4n) is 5.10. The van der Waals surface area contributed by atoms with Gasteiger partial charge < -0.3 is 14.4 Å². The van der Waals surface area contributed by atoms with Crippen molar-refractivity contribution in [2.75, 3.05) is 39.3 Å². The Morgan fingerprint density at radius 3 is 2.31 bits per heavy atom. The third-order valence-electron chi connectivity index (χ3n) is 7.24. The van der Waals surface area contributed by atoms with Crippen molar-refractivity contribution in [3.63, 3.8) is 0 Å². The monoisotopic (exact) mass is 513 g/mol. The predicted octanol–water partition coefficient (Wildman–Crippen LogP) is 4.08. The second kappa shape index (κ2) is 10.2. The predicted molar refractivity (Wildman–Crippen MR) is 138 cm³/mol. The highest BCUT2D eigenvalue weighted by Crippen LogP contribution is 2.27. The number of likely N-dealkylation sites (tertiary alicyclic amines) is 1. The Kier molecular flexibility index (Phi) is 7.00. The number of halogens is 2. The van der Waals surface area contributed by atoms with Crippen molar-refractivity contribution >= 4 is 46.0 Å². The number of piperazine rings is 1. The fourth-order valence-corrected chi connectivity index (χ4v) is 5.48. The van der Waals surface area contributed by atoms with E-state index in [-0.39, 0.29) is 22.8 Å². The molecule has 9 heteroatoms. The molecule has 35 heavy (non-hydrogen) atoms. The van der Waals surface area contributed by atoms with E-state index in [4.69, 9.17) is 28.2 Å². The summed E-state index contributed by atoms with van der Waals surface area (Å²) >= 11 is 12.3. The number of benzene rings is 2. The van der Waals surface area contributed by atoms with E-state index >= 15 is 0 Å². The lowest BCUT2D eigenvalue weighted by Crippen LogP contribution is -2.53. The number of fused-ring (bicyclic) bond motifs is 1. The largest absolute Gasteiger partial charge is 0.339 e. The van der Waals surface area contributed by atoms with Gasteiger partial charge in [0.25, 0.3) is 5.91 Å². The number of para-hydroxylation sites is 2. The van der Waals surface area contributed by atoms with Crippen LogP contribution in [0.25, 0.3) is 11.0 Å². The van der Waals surface area contributed by atoms with Crippen LogP contribution < -0.4 is 0 Å². The van der Waals surface area contributed by atoms with E-state index in [1.165, 1.54) is 0 Å². The fraction of sp³-hybridized carbons (Fsp3) is 0.423. The van der Waals surface area contributed by atoms with Gasteiger partial charge in [-0.3, -0.25) is 14.5 Å². The van der Waals surface area contributed by atoms with Gasteiger partial charge in [-0.1, -0.05) is 41.4 Å². The summed E-state index contributed by atoms with van der Waals surface area (Å²) in [5, 5.41) is 0.650. The Hall–Kier alpha value is -2.61. The molecule has 2 aliphatic rings. The van der Waals surface area contributed by atoms with Gasteiger partial charge in [0, 0.05) is 39.1 Å². The molecule has 0 N–H and O–H groups in total. The first-order valence-electron chi connectivity index (χ1n) is 12.1. The molecule has 5 rings (SSSR count). The third-order valence-corrected chi connectivity index (χ3v) is 8.06. The van der Waals surface area contributed by atoms with Gasteiger partial charge in [0.15, 0.2) is 0 Å². The molecule has 0 spiro atoms. The minimum absolute atomic E-state index is 0.0383. The van der Waals surface area contributed by atoms with Crippen LogP contribution >= 0.6 is 23.2 Å². The Morgan fingerprint density at radius 2 is 1.60 bits per heavy atom. The summed E-state index contributed by atoms with van der Waals surface area (Å²) in [7, 11) is 2.06. The molecular formula is C26H29Cl2N5O2. The van der Waals surface area contributed by atoms with Crippen molar-refractivity contribution in [1.29, 1.82) is 0 Å². The Balaban J connectivity index is 1.12. The van der Waals surface area contributed by atoms with Crippen molar-refractivity contribution in [2.24, 2.45) is 13.0 Å². The highest BCUT2D eigenvalue weighted by Gasteiger charge is 2.32. The molecule has 3 heterocycles. The van der Waals surface area contributed by atoms with Crippen molar-refractivity contribution in [2.45, 2.75) is 19.4 Å². The first kappa shape index (κ1) is 24.1. The molecule has 0 aliphatic carbocycles. The summed E-state index contributed by atoms with van der Waals surface area (Å²) in [6, 6.07) is 13.3. The number of aromatic nitrogens is 2. The van der Waals surface area contributed by atoms with Gasteiger partial charge in [-0.05, 0) is 50.2 Å². The van der Waals surface area contributed by atoms with Crippen LogP contribution in [0.5, 0.6) is 0 Å². The third kappa shape index (κ3) is 4.90. The van der Waals surface area contributed by atoms with Gasteiger partial charge in [0.1, 0.15) is 5.82 Å². The maximum absolute atomic E-state index is 13.2. The number of rotatable bonds is 4. The van der Waals surface area contributed by atoms with E-state index in [0.29, 0.717) is 36.8 Å². The van der Waals surface area contributed by atoms with Crippen LogP contribution in [0.2, 0.25) is 10.0 Å². The van der Waals surface area contributed by atoms with Gasteiger partial charge in [0.05, 0.1) is 33.2 Å². The zero-order valence-electron chi connectivity index (χ0n) is 19.8. The summed E-state index contributed by atoms with van der Waals surface area (Å²) in [5.41, 5.74) is 2.57. The maximum atomic E-state index is 13.2. The number of amides is 2. The number of carbonyl (C=O) groups excluding carboxylic acids is 2. The number of nitrogens with zero attached hydrogens (tertiary/aromatic N) is 5. The number of imidazole rings is 1. The van der Waals surface area contributed by atoms with Crippen LogP contribution in [-0.2, 0) is 18.4 Å². The molecule has 2 amide bonds. The van der Waals surface area contributed by atoms with Gasteiger partial charge in [-0.15, -0.1) is 0 Å². The smallest absolute Gasteiger partial charge is 0.255 e. The molecule has 2 fully saturated rings. The van der Waals surface area contributed by atoms with E-state index in [9.17, 15) is 9.59 Å². The van der Waals surface area contributed by atoms with Crippen LogP contribution in [-0.4, -0.2) is 75.3 Å². The zero-order chi connectivity index (χ0) is 24.5. The zero-order valence-corrected chi connectivity index (χ0v) is 21.3. The van der Waals surface area contributed by atoms with Gasteiger partial charge >= 0.3 is 0 Å². The van der Waals surface area contributed by atoms with Crippen molar-refractivity contribution in [3.8, 4) is 0 Å². The summed E-state index contributed by atoms with van der Waals surface area (Å²) in [4.78, 5) is 36.9. The van der Waals surface area contributed by atoms with Crippen LogP contribution in [0.15, 0.2) is 42.5 Å². The van der Waals surface area contributed by atoms with E-state index < -0.39 is 0 Å². The quantitative estimate of drug-likeness (QED) is 0.527. The van der Waals surface area contributed by atoms with Crippen molar-refractivity contribution < 1.29 is 9.59 Å². The number of hydrogen-bond donors (Lipinski definition) is 0. The summed E-state index contributed by atoms with van der Waals surface area (Å²) in [6.45, 7) is 4.64. The Labute approximate surface area is 215 Å². The van der Waals surface area contributed by atoms with Crippen LogP contribution in [0.4, 0.5) is 0 Å². The number of piperidine rings is 1. The molecular weight excluding hydrogens is 485 g/mol. The average molecular weight is 514 g/mol. The first-order valence-corrected chi connectivity index (χ1v) is 12.8. The molecule has 1 aromatic heterocycles. The maximum Gasteiger partial charge on any atom is 0.255 e. The lowest BCUT2D eigenvalue weighted by Gasteiger charge is -2.38. The number of carbonyl (C=O) groups is 2. The van der Waals surface area contributed by atoms with E-state index in [1.54, 1.807) is 23.1 Å². The Bertz CT molecular complexity index is 1240. The molecule has 184 valence electrons. The second-order valence-corrected chi connectivity index (χ2v) is 10.1. The average Bonchev–Trinajstić information content (AvgIpc) is 3.20. The van der Waals surface area contributed by atoms with E-state index in [0.717, 1.165) is 49.3 Å². The van der Waals surface area contributed by atoms with Gasteiger partial charge in [-0.2, -0.15) is 0 Å². The molecule has 0 unspecified atom stereocenters. The molecule has 3 aromatic rings. The highest BCUT2D eigenvalue weighted by atomic mass is 35.5. The molecule has 2 aromatic carbocycles. The Morgan fingerprint density at radius 1 is 0.914 bits per heavy atom. The van der Waals surface area contributed by atoms with Gasteiger partial charge in [-0.25, -0.2) is 4.98 Å². The van der Waals surface area contributed by atoms with Crippen LogP contribution in [0, 0.1) is 5.92 Å². The van der Waals surface area contributed by atoms with Gasteiger partial charge in [0.2, 0.25) is 5.91 Å². The number of hydrogen-bond acceptors (Lipinski definition) is 4. The molecule has 2 saturated heterocycles. The first-order chi connectivity index (χ1) is 16.9. The minimum Gasteiger partial charge on any atom is -0.339 e. The molecule has 7 nitrogen and oxygen atoms in total. The number of aryl methyl sites for hydroxylation is 1. The second-order valence-electron chi connectivity index (χ2n) is 9.35. The van der Waals surface area contributed by atoms with Crippen molar-refractivity contribution in [1.82, 2.24) is 24.3 Å². The lowest BCUT2D eigenvalue weighted by molar-refractivity contribution is -0.138. The molecule has 2 aliphatic heterocycles. The molecule has 0 saturated carbocycles. The van der Waals surface area contributed by atoms with Crippen LogP contribution in [0.1, 0.15) is 29.0 Å².